The third-order valence-corrected chi connectivity index (χ3v) is 5.20. The van der Waals surface area contributed by atoms with Gasteiger partial charge >= 0.3 is 0 Å². The molecular formula is C20H30ClN5O. The summed E-state index contributed by atoms with van der Waals surface area (Å²) in [5, 5.41) is 14.8. The Morgan fingerprint density at radius 2 is 2.00 bits per heavy atom. The van der Waals surface area contributed by atoms with Crippen molar-refractivity contribution in [3.05, 3.63) is 46.3 Å². The number of hydrogen-bond donors (Lipinski definition) is 2. The summed E-state index contributed by atoms with van der Waals surface area (Å²) in [6.07, 6.45) is 2.85. The van der Waals surface area contributed by atoms with Gasteiger partial charge in [0.1, 0.15) is 0 Å². The van der Waals surface area contributed by atoms with E-state index in [1.165, 1.54) is 16.7 Å². The Morgan fingerprint density at radius 3 is 2.67 bits per heavy atom. The number of benzene rings is 1. The highest BCUT2D eigenvalue weighted by Crippen LogP contribution is 2.20. The number of carbonyl (C=O) groups excluding carboxylic acids is 1. The van der Waals surface area contributed by atoms with Crippen LogP contribution >= 0.6 is 12.4 Å². The number of nitrogens with one attached hydrogen (secondary N) is 2. The lowest BCUT2D eigenvalue weighted by atomic mass is 10.00. The lowest BCUT2D eigenvalue weighted by molar-refractivity contribution is 0.0934. The van der Waals surface area contributed by atoms with Crippen molar-refractivity contribution in [3.63, 3.8) is 0 Å². The Hall–Kier alpha value is -1.92. The zero-order chi connectivity index (χ0) is 18.7. The molecule has 1 aromatic carbocycles. The van der Waals surface area contributed by atoms with Gasteiger partial charge < -0.3 is 10.6 Å². The van der Waals surface area contributed by atoms with Crippen LogP contribution in [0.4, 0.5) is 0 Å². The summed E-state index contributed by atoms with van der Waals surface area (Å²) in [6, 6.07) is 6.81. The fourth-order valence-electron chi connectivity index (χ4n) is 3.70. The zero-order valence-corrected chi connectivity index (χ0v) is 17.4. The van der Waals surface area contributed by atoms with Gasteiger partial charge in [0.15, 0.2) is 5.69 Å². The molecule has 1 unspecified atom stereocenters. The first-order valence-corrected chi connectivity index (χ1v) is 9.45. The molecule has 0 radical (unpaired) electrons. The van der Waals surface area contributed by atoms with Crippen molar-refractivity contribution >= 4 is 18.3 Å². The minimum absolute atomic E-state index is 0. The van der Waals surface area contributed by atoms with Crippen molar-refractivity contribution in [3.8, 4) is 0 Å². The molecule has 7 heteroatoms. The maximum Gasteiger partial charge on any atom is 0.273 e. The van der Waals surface area contributed by atoms with Crippen LogP contribution in [0.3, 0.4) is 0 Å². The molecule has 1 amide bonds. The Kier molecular flexibility index (Phi) is 7.39. The van der Waals surface area contributed by atoms with Gasteiger partial charge in [-0.05, 0) is 71.2 Å². The third kappa shape index (κ3) is 5.08. The predicted molar refractivity (Wildman–Crippen MR) is 110 cm³/mol. The van der Waals surface area contributed by atoms with E-state index in [9.17, 15) is 4.79 Å². The quantitative estimate of drug-likeness (QED) is 0.822. The fourth-order valence-corrected chi connectivity index (χ4v) is 3.70. The van der Waals surface area contributed by atoms with Gasteiger partial charge in [-0.2, -0.15) is 0 Å². The highest BCUT2D eigenvalue weighted by atomic mass is 35.5. The van der Waals surface area contributed by atoms with E-state index in [0.29, 0.717) is 11.7 Å². The number of amides is 1. The van der Waals surface area contributed by atoms with Gasteiger partial charge in [0.25, 0.3) is 5.91 Å². The molecule has 1 aromatic heterocycles. The molecule has 1 saturated heterocycles. The van der Waals surface area contributed by atoms with E-state index in [1.807, 2.05) is 18.5 Å². The smallest absolute Gasteiger partial charge is 0.273 e. The summed E-state index contributed by atoms with van der Waals surface area (Å²) in [5.74, 6) is -0.139. The van der Waals surface area contributed by atoms with Crippen molar-refractivity contribution in [1.82, 2.24) is 25.6 Å². The maximum absolute atomic E-state index is 12.7. The standard InChI is InChI=1S/C20H29N5O.ClH/c1-13-5-6-17(14(2)11-13)12-15(3)22-20(26)19-16(4)25(24-23-19)18-7-9-21-10-8-18;/h5-6,11,15,18,21H,7-10,12H2,1-4H3,(H,22,26);1H. The van der Waals surface area contributed by atoms with Crippen LogP contribution in [-0.4, -0.2) is 40.0 Å². The topological polar surface area (TPSA) is 71.8 Å². The highest BCUT2D eigenvalue weighted by Gasteiger charge is 2.23. The van der Waals surface area contributed by atoms with Gasteiger partial charge in [0.05, 0.1) is 11.7 Å². The third-order valence-electron chi connectivity index (χ3n) is 5.20. The second-order valence-corrected chi connectivity index (χ2v) is 7.46. The first-order valence-electron chi connectivity index (χ1n) is 9.45. The fraction of sp³-hybridized carbons (Fsp3) is 0.550. The summed E-state index contributed by atoms with van der Waals surface area (Å²) in [5.41, 5.74) is 5.08. The number of carbonyl (C=O) groups is 1. The minimum Gasteiger partial charge on any atom is -0.348 e. The molecule has 1 atom stereocenters. The van der Waals surface area contributed by atoms with Crippen molar-refractivity contribution < 1.29 is 4.79 Å². The summed E-state index contributed by atoms with van der Waals surface area (Å²) < 4.78 is 1.92. The van der Waals surface area contributed by atoms with Crippen molar-refractivity contribution in [2.24, 2.45) is 0 Å². The van der Waals surface area contributed by atoms with E-state index in [1.54, 1.807) is 0 Å². The zero-order valence-electron chi connectivity index (χ0n) is 16.6. The van der Waals surface area contributed by atoms with Crippen molar-refractivity contribution in [1.29, 1.82) is 0 Å². The normalized spacial score (nSPS) is 15.9. The molecule has 2 heterocycles. The molecule has 2 N–H and O–H groups in total. The molecule has 1 aliphatic heterocycles. The monoisotopic (exact) mass is 391 g/mol. The predicted octanol–water partition coefficient (Wildman–Crippen LogP) is 2.91. The molecule has 27 heavy (non-hydrogen) atoms. The molecule has 1 aliphatic rings. The van der Waals surface area contributed by atoms with E-state index in [4.69, 9.17) is 0 Å². The average Bonchev–Trinajstić information content (AvgIpc) is 3.00. The van der Waals surface area contributed by atoms with Crippen LogP contribution in [0.1, 0.15) is 58.7 Å². The lowest BCUT2D eigenvalue weighted by Crippen LogP contribution is -2.35. The molecule has 148 valence electrons. The van der Waals surface area contributed by atoms with E-state index in [-0.39, 0.29) is 24.4 Å². The van der Waals surface area contributed by atoms with E-state index in [2.05, 4.69) is 53.0 Å². The van der Waals surface area contributed by atoms with Gasteiger partial charge in [-0.25, -0.2) is 4.68 Å². The summed E-state index contributed by atoms with van der Waals surface area (Å²) in [7, 11) is 0. The molecule has 0 spiro atoms. The van der Waals surface area contributed by atoms with Gasteiger partial charge in [-0.15, -0.1) is 17.5 Å². The molecular weight excluding hydrogens is 362 g/mol. The lowest BCUT2D eigenvalue weighted by Gasteiger charge is -2.23. The summed E-state index contributed by atoms with van der Waals surface area (Å²) in [6.45, 7) is 10.1. The second kappa shape index (κ2) is 9.33. The van der Waals surface area contributed by atoms with Crippen LogP contribution < -0.4 is 10.6 Å². The Labute approximate surface area is 167 Å². The number of rotatable bonds is 5. The molecule has 0 bridgehead atoms. The van der Waals surface area contributed by atoms with Gasteiger partial charge in [-0.1, -0.05) is 29.0 Å². The number of piperidine rings is 1. The van der Waals surface area contributed by atoms with Crippen LogP contribution in [-0.2, 0) is 6.42 Å². The van der Waals surface area contributed by atoms with Crippen molar-refractivity contribution in [2.75, 3.05) is 13.1 Å². The molecule has 2 aromatic rings. The van der Waals surface area contributed by atoms with E-state index < -0.39 is 0 Å². The molecule has 6 nitrogen and oxygen atoms in total. The Bertz CT molecular complexity index is 783. The number of aromatic nitrogens is 3. The summed E-state index contributed by atoms with van der Waals surface area (Å²) in [4.78, 5) is 12.7. The molecule has 3 rings (SSSR count). The number of halogens is 1. The molecule has 0 aliphatic carbocycles. The van der Waals surface area contributed by atoms with Crippen molar-refractivity contribution in [2.45, 2.75) is 59.0 Å². The van der Waals surface area contributed by atoms with E-state index >= 15 is 0 Å². The van der Waals surface area contributed by atoms with Gasteiger partial charge in [0.2, 0.25) is 0 Å². The first-order chi connectivity index (χ1) is 12.5. The van der Waals surface area contributed by atoms with Crippen LogP contribution in [0.5, 0.6) is 0 Å². The van der Waals surface area contributed by atoms with Crippen LogP contribution in [0.25, 0.3) is 0 Å². The van der Waals surface area contributed by atoms with Crippen LogP contribution in [0.2, 0.25) is 0 Å². The second-order valence-electron chi connectivity index (χ2n) is 7.46. The minimum atomic E-state index is -0.139. The van der Waals surface area contributed by atoms with Crippen LogP contribution in [0.15, 0.2) is 18.2 Å². The number of nitrogens with zero attached hydrogens (tertiary/aromatic N) is 3. The Morgan fingerprint density at radius 1 is 1.30 bits per heavy atom. The van der Waals surface area contributed by atoms with E-state index in [0.717, 1.165) is 38.0 Å². The summed E-state index contributed by atoms with van der Waals surface area (Å²) >= 11 is 0. The van der Waals surface area contributed by atoms with Gasteiger partial charge in [0, 0.05) is 6.04 Å². The van der Waals surface area contributed by atoms with Gasteiger partial charge in [-0.3, -0.25) is 4.79 Å². The first kappa shape index (κ1) is 21.4. The molecule has 1 fully saturated rings. The largest absolute Gasteiger partial charge is 0.348 e. The molecule has 0 saturated carbocycles. The van der Waals surface area contributed by atoms with Crippen LogP contribution in [0, 0.1) is 20.8 Å². The highest BCUT2D eigenvalue weighted by molar-refractivity contribution is 5.93. The Balaban J connectivity index is 0.00000261. The average molecular weight is 392 g/mol. The number of hydrogen-bond acceptors (Lipinski definition) is 4. The number of aryl methyl sites for hydroxylation is 2. The maximum atomic E-state index is 12.7. The SMILES string of the molecule is Cc1ccc(CC(C)NC(=O)c2nnn(C3CCNCC3)c2C)c(C)c1.Cl.